The molecular formula is C26H45N5O9S. The van der Waals surface area contributed by atoms with Crippen molar-refractivity contribution in [3.8, 4) is 0 Å². The lowest BCUT2D eigenvalue weighted by Crippen LogP contribution is -2.34. The molecule has 2 heterocycles. The fourth-order valence-electron chi connectivity index (χ4n) is 3.44. The Morgan fingerprint density at radius 1 is 1.00 bits per heavy atom. The summed E-state index contributed by atoms with van der Waals surface area (Å²) in [4.78, 5) is 36.8. The molecular weight excluding hydrogens is 558 g/mol. The van der Waals surface area contributed by atoms with Gasteiger partial charge in [-0.05, 0) is 11.8 Å². The highest BCUT2D eigenvalue weighted by Gasteiger charge is 2.39. The van der Waals surface area contributed by atoms with Crippen LogP contribution < -0.4 is 5.73 Å². The maximum Gasteiger partial charge on any atom is 0.321 e. The fraction of sp³-hybridized carbons (Fsp3) is 0.808. The highest BCUT2D eigenvalue weighted by molar-refractivity contribution is 8.00. The van der Waals surface area contributed by atoms with Gasteiger partial charge in [0.05, 0.1) is 84.0 Å². The highest BCUT2D eigenvalue weighted by atomic mass is 32.2. The summed E-state index contributed by atoms with van der Waals surface area (Å²) in [5.41, 5.74) is 6.23. The van der Waals surface area contributed by atoms with Crippen LogP contribution in [0.25, 0.3) is 0 Å². The van der Waals surface area contributed by atoms with Crippen molar-refractivity contribution < 1.29 is 43.2 Å². The van der Waals surface area contributed by atoms with E-state index in [4.69, 9.17) is 34.5 Å². The fourth-order valence-corrected chi connectivity index (χ4v) is 4.55. The van der Waals surface area contributed by atoms with E-state index in [1.54, 1.807) is 10.9 Å². The molecule has 0 spiro atoms. The number of aromatic nitrogens is 3. The first-order chi connectivity index (χ1) is 19.6. The lowest BCUT2D eigenvalue weighted by Gasteiger charge is -2.17. The Morgan fingerprint density at radius 3 is 2.07 bits per heavy atom. The third-order valence-corrected chi connectivity index (χ3v) is 7.17. The first kappa shape index (κ1) is 35.1. The van der Waals surface area contributed by atoms with E-state index in [1.807, 2.05) is 0 Å². The predicted molar refractivity (Wildman–Crippen MR) is 150 cm³/mol. The zero-order valence-corrected chi connectivity index (χ0v) is 25.1. The van der Waals surface area contributed by atoms with Gasteiger partial charge in [0, 0.05) is 18.8 Å². The van der Waals surface area contributed by atoms with Gasteiger partial charge < -0.3 is 34.5 Å². The van der Waals surface area contributed by atoms with Crippen LogP contribution in [-0.4, -0.2) is 126 Å². The van der Waals surface area contributed by atoms with Gasteiger partial charge in [0.15, 0.2) is 0 Å². The number of imide groups is 1. The van der Waals surface area contributed by atoms with Crippen molar-refractivity contribution in [2.75, 3.05) is 71.8 Å². The lowest BCUT2D eigenvalue weighted by molar-refractivity contribution is -0.139. The summed E-state index contributed by atoms with van der Waals surface area (Å²) in [5, 5.41) is 16.3. The molecule has 3 N–H and O–H groups in total. The van der Waals surface area contributed by atoms with E-state index in [9.17, 15) is 14.4 Å². The molecule has 1 aliphatic rings. The summed E-state index contributed by atoms with van der Waals surface area (Å²) >= 11 is 1.08. The molecule has 41 heavy (non-hydrogen) atoms. The van der Waals surface area contributed by atoms with Crippen molar-refractivity contribution in [3.63, 3.8) is 0 Å². The van der Waals surface area contributed by atoms with Gasteiger partial charge in [0.1, 0.15) is 11.7 Å². The molecule has 1 saturated heterocycles. The van der Waals surface area contributed by atoms with E-state index in [0.29, 0.717) is 71.7 Å². The number of ether oxygens (including phenoxy) is 5. The predicted octanol–water partition coefficient (Wildman–Crippen LogP) is 0.570. The number of hydrogen-bond acceptors (Lipinski definition) is 12. The van der Waals surface area contributed by atoms with Crippen LogP contribution in [-0.2, 0) is 51.2 Å². The number of aliphatic carboxylic acids is 1. The van der Waals surface area contributed by atoms with Crippen LogP contribution in [0.4, 0.5) is 0 Å². The van der Waals surface area contributed by atoms with Crippen molar-refractivity contribution in [2.24, 2.45) is 11.1 Å². The summed E-state index contributed by atoms with van der Waals surface area (Å²) in [6.45, 7) is 12.1. The van der Waals surface area contributed by atoms with Crippen LogP contribution in [0.3, 0.4) is 0 Å². The molecule has 2 atom stereocenters. The molecule has 234 valence electrons. The molecule has 2 rings (SSSR count). The number of carboxylic acids is 1. The van der Waals surface area contributed by atoms with Crippen molar-refractivity contribution in [3.05, 3.63) is 11.9 Å². The summed E-state index contributed by atoms with van der Waals surface area (Å²) in [6, 6.07) is -1.09. The second-order valence-electron chi connectivity index (χ2n) is 10.6. The molecule has 0 bridgehead atoms. The maximum atomic E-state index is 12.6. The molecule has 2 amide bonds. The molecule has 15 heteroatoms. The quantitative estimate of drug-likeness (QED) is 0.131. The first-order valence-electron chi connectivity index (χ1n) is 13.8. The second-order valence-corrected chi connectivity index (χ2v) is 11.9. The maximum absolute atomic E-state index is 12.6. The Balaban J connectivity index is 1.44. The molecule has 14 nitrogen and oxygen atoms in total. The van der Waals surface area contributed by atoms with E-state index in [1.165, 1.54) is 0 Å². The number of nitrogens with zero attached hydrogens (tertiary/aromatic N) is 4. The highest BCUT2D eigenvalue weighted by Crippen LogP contribution is 2.26. The van der Waals surface area contributed by atoms with Gasteiger partial charge in [-0.25, -0.2) is 4.68 Å². The van der Waals surface area contributed by atoms with Crippen LogP contribution in [0.15, 0.2) is 6.20 Å². The average molecular weight is 604 g/mol. The van der Waals surface area contributed by atoms with E-state index in [-0.39, 0.29) is 35.9 Å². The standard InChI is InChI=1S/C26H45N5O9S/c1-26(2,3)4-6-36-8-10-38-12-14-40-15-13-39-11-9-37-7-5-30-17-20(28-29-30)18-31-23(32)16-22(24(31)33)41-19-21(27)25(34)35/h17,21-22H,4-16,18-19,27H2,1-3H3,(H,34,35). The van der Waals surface area contributed by atoms with Crippen LogP contribution in [0.1, 0.15) is 39.3 Å². The minimum atomic E-state index is -1.15. The van der Waals surface area contributed by atoms with Gasteiger partial charge in [-0.15, -0.1) is 16.9 Å². The normalized spacial score (nSPS) is 16.6. The van der Waals surface area contributed by atoms with Crippen LogP contribution in [0, 0.1) is 5.41 Å². The zero-order chi connectivity index (χ0) is 30.1. The van der Waals surface area contributed by atoms with Gasteiger partial charge in [-0.1, -0.05) is 26.0 Å². The second kappa shape index (κ2) is 19.1. The van der Waals surface area contributed by atoms with Crippen molar-refractivity contribution >= 4 is 29.5 Å². The van der Waals surface area contributed by atoms with Crippen molar-refractivity contribution in [1.29, 1.82) is 0 Å². The minimum Gasteiger partial charge on any atom is -0.480 e. The Labute approximate surface area is 245 Å². The van der Waals surface area contributed by atoms with E-state index < -0.39 is 17.3 Å². The third-order valence-electron chi connectivity index (χ3n) is 5.85. The van der Waals surface area contributed by atoms with Crippen LogP contribution >= 0.6 is 11.8 Å². The minimum absolute atomic E-state index is 0.00836. The van der Waals surface area contributed by atoms with Crippen LogP contribution in [0.5, 0.6) is 0 Å². The number of carbonyl (C=O) groups excluding carboxylic acids is 2. The zero-order valence-electron chi connectivity index (χ0n) is 24.3. The van der Waals surface area contributed by atoms with E-state index in [2.05, 4.69) is 31.1 Å². The smallest absolute Gasteiger partial charge is 0.321 e. The number of likely N-dealkylation sites (tertiary alicyclic amines) is 1. The Kier molecular flexibility index (Phi) is 16.4. The Morgan fingerprint density at radius 2 is 1.54 bits per heavy atom. The average Bonchev–Trinajstić information content (AvgIpc) is 3.47. The molecule has 2 unspecified atom stereocenters. The molecule has 0 aromatic carbocycles. The summed E-state index contributed by atoms with van der Waals surface area (Å²) < 4.78 is 29.1. The number of hydrogen-bond donors (Lipinski definition) is 2. The monoisotopic (exact) mass is 603 g/mol. The number of thioether (sulfide) groups is 1. The topological polar surface area (TPSA) is 178 Å². The molecule has 0 aliphatic carbocycles. The summed E-state index contributed by atoms with van der Waals surface area (Å²) in [7, 11) is 0. The largest absolute Gasteiger partial charge is 0.480 e. The summed E-state index contributed by atoms with van der Waals surface area (Å²) in [6.07, 6.45) is 2.69. The van der Waals surface area contributed by atoms with Gasteiger partial charge in [-0.2, -0.15) is 0 Å². The Hall–Kier alpha value is -2.14. The van der Waals surface area contributed by atoms with Crippen molar-refractivity contribution in [1.82, 2.24) is 19.9 Å². The van der Waals surface area contributed by atoms with Gasteiger partial charge in [0.2, 0.25) is 11.8 Å². The van der Waals surface area contributed by atoms with Crippen LogP contribution in [0.2, 0.25) is 0 Å². The molecule has 1 aromatic heterocycles. The number of nitrogens with two attached hydrogens (primary N) is 1. The molecule has 1 aromatic rings. The van der Waals surface area contributed by atoms with Crippen molar-refractivity contribution in [2.45, 2.75) is 58.0 Å². The first-order valence-corrected chi connectivity index (χ1v) is 14.8. The molecule has 1 fully saturated rings. The summed E-state index contributed by atoms with van der Waals surface area (Å²) in [5.74, 6) is -1.81. The number of carboxylic acid groups (broad SMARTS) is 1. The SMILES string of the molecule is CC(C)(C)CCOCCOCCOCCOCCOCCn1cc(CN2C(=O)CC(SCC(N)C(=O)O)C2=O)nn1. The number of rotatable bonds is 23. The van der Waals surface area contributed by atoms with Gasteiger partial charge >= 0.3 is 5.97 Å². The van der Waals surface area contributed by atoms with Gasteiger partial charge in [0.25, 0.3) is 0 Å². The van der Waals surface area contributed by atoms with Gasteiger partial charge in [-0.3, -0.25) is 19.3 Å². The van der Waals surface area contributed by atoms with E-state index >= 15 is 0 Å². The number of amides is 2. The molecule has 0 radical (unpaired) electrons. The molecule has 1 aliphatic heterocycles. The van der Waals surface area contributed by atoms with E-state index in [0.717, 1.165) is 29.7 Å². The number of carbonyl (C=O) groups is 3. The third kappa shape index (κ3) is 15.1. The molecule has 0 saturated carbocycles. The Bertz CT molecular complexity index is 927. The lowest BCUT2D eigenvalue weighted by atomic mass is 9.93.